The van der Waals surface area contributed by atoms with E-state index in [9.17, 15) is 22.0 Å². The van der Waals surface area contributed by atoms with E-state index in [1.54, 1.807) is 13.0 Å². The Labute approximate surface area is 204 Å². The van der Waals surface area contributed by atoms with Gasteiger partial charge in [-0.2, -0.15) is 0 Å². The number of H-pyrrole nitrogens is 1. The molecule has 0 saturated carbocycles. The van der Waals surface area contributed by atoms with E-state index in [0.717, 1.165) is 12.1 Å². The highest BCUT2D eigenvalue weighted by molar-refractivity contribution is 7.92. The Morgan fingerprint density at radius 2 is 1.71 bits per heavy atom. The van der Waals surface area contributed by atoms with E-state index >= 15 is 0 Å². The number of nitrogens with one attached hydrogen (secondary N) is 2. The second kappa shape index (κ2) is 10.1. The number of sulfonamides is 1. The average Bonchev–Trinajstić information content (AvgIpc) is 2.75. The van der Waals surface area contributed by atoms with Crippen LogP contribution >= 0.6 is 0 Å². The van der Waals surface area contributed by atoms with Crippen LogP contribution < -0.4 is 15.0 Å². The van der Waals surface area contributed by atoms with Crippen molar-refractivity contribution in [3.05, 3.63) is 75.7 Å². The standard InChI is InChI=1S/C25H26F2N2O4SSi/c1-6-34(31,32)29-19-8-10-23(33-24-9-7-18(26)14-22(24)27)21(15-19)20-13-17(11-12-35(3,4)5)25(30)28-16(20)2/h7-10,13-15,29H,6H2,1-5H3,(H,28,30). The summed E-state index contributed by atoms with van der Waals surface area (Å²) in [7, 11) is -5.35. The number of ether oxygens (including phenoxy) is 1. The molecule has 0 aliphatic carbocycles. The van der Waals surface area contributed by atoms with Crippen molar-refractivity contribution in [2.24, 2.45) is 0 Å². The van der Waals surface area contributed by atoms with E-state index in [1.807, 2.05) is 0 Å². The molecule has 0 spiro atoms. The van der Waals surface area contributed by atoms with Crippen LogP contribution in [0.4, 0.5) is 14.5 Å². The number of pyridine rings is 1. The van der Waals surface area contributed by atoms with E-state index in [1.165, 1.54) is 25.1 Å². The van der Waals surface area contributed by atoms with Crippen LogP contribution in [0.25, 0.3) is 11.1 Å². The average molecular weight is 517 g/mol. The molecule has 6 nitrogen and oxygen atoms in total. The SMILES string of the molecule is CCS(=O)(=O)Nc1ccc(Oc2ccc(F)cc2F)c(-c2cc(C#C[Si](C)(C)C)c(=O)[nH]c2C)c1. The number of benzene rings is 2. The van der Waals surface area contributed by atoms with Gasteiger partial charge in [0.2, 0.25) is 10.0 Å². The van der Waals surface area contributed by atoms with Crippen LogP contribution in [0.2, 0.25) is 19.6 Å². The Bertz CT molecular complexity index is 1500. The van der Waals surface area contributed by atoms with Gasteiger partial charge in [0.15, 0.2) is 11.6 Å². The molecule has 0 bridgehead atoms. The Kier molecular flexibility index (Phi) is 7.52. The Morgan fingerprint density at radius 3 is 2.34 bits per heavy atom. The summed E-state index contributed by atoms with van der Waals surface area (Å²) in [5.41, 5.74) is 4.68. The molecule has 2 aromatic carbocycles. The molecule has 10 heteroatoms. The highest BCUT2D eigenvalue weighted by Crippen LogP contribution is 2.37. The van der Waals surface area contributed by atoms with Crippen LogP contribution in [-0.2, 0) is 10.0 Å². The van der Waals surface area contributed by atoms with Crippen LogP contribution in [0, 0.1) is 30.0 Å². The predicted molar refractivity (Wildman–Crippen MR) is 137 cm³/mol. The van der Waals surface area contributed by atoms with Crippen molar-refractivity contribution in [1.82, 2.24) is 4.98 Å². The lowest BCUT2D eigenvalue weighted by atomic mass is 10.0. The minimum Gasteiger partial charge on any atom is -0.454 e. The second-order valence-electron chi connectivity index (χ2n) is 8.94. The Morgan fingerprint density at radius 1 is 1.03 bits per heavy atom. The van der Waals surface area contributed by atoms with Gasteiger partial charge in [0, 0.05) is 28.6 Å². The molecule has 0 fully saturated rings. The molecular weight excluding hydrogens is 490 g/mol. The molecule has 0 radical (unpaired) electrons. The molecule has 0 aliphatic rings. The van der Waals surface area contributed by atoms with Crippen molar-refractivity contribution >= 4 is 23.8 Å². The number of rotatable bonds is 6. The number of hydrogen-bond acceptors (Lipinski definition) is 4. The van der Waals surface area contributed by atoms with Crippen LogP contribution in [0.3, 0.4) is 0 Å². The summed E-state index contributed by atoms with van der Waals surface area (Å²) in [6.45, 7) is 9.34. The van der Waals surface area contributed by atoms with Gasteiger partial charge in [0.05, 0.1) is 11.3 Å². The fourth-order valence-electron chi connectivity index (χ4n) is 3.07. The minimum absolute atomic E-state index is 0.129. The first-order chi connectivity index (χ1) is 16.3. The van der Waals surface area contributed by atoms with E-state index in [4.69, 9.17) is 4.74 Å². The number of hydrogen-bond donors (Lipinski definition) is 2. The predicted octanol–water partition coefficient (Wildman–Crippen LogP) is 5.41. The van der Waals surface area contributed by atoms with Crippen molar-refractivity contribution in [2.45, 2.75) is 33.5 Å². The van der Waals surface area contributed by atoms with E-state index in [2.05, 4.69) is 40.8 Å². The monoisotopic (exact) mass is 516 g/mol. The fraction of sp³-hybridized carbons (Fsp3) is 0.240. The van der Waals surface area contributed by atoms with Crippen molar-refractivity contribution < 1.29 is 21.9 Å². The molecule has 0 atom stereocenters. The van der Waals surface area contributed by atoms with Crippen LogP contribution in [0.1, 0.15) is 18.2 Å². The van der Waals surface area contributed by atoms with Crippen molar-refractivity contribution in [2.75, 3.05) is 10.5 Å². The highest BCUT2D eigenvalue weighted by atomic mass is 32.2. The van der Waals surface area contributed by atoms with Gasteiger partial charge >= 0.3 is 0 Å². The summed E-state index contributed by atoms with van der Waals surface area (Å²) in [4.78, 5) is 15.3. The minimum atomic E-state index is -3.57. The molecule has 0 unspecified atom stereocenters. The summed E-state index contributed by atoms with van der Waals surface area (Å²) in [5, 5.41) is 0. The summed E-state index contributed by atoms with van der Waals surface area (Å²) in [6, 6.07) is 9.00. The molecule has 1 heterocycles. The maximum Gasteiger partial charge on any atom is 0.263 e. The Balaban J connectivity index is 2.22. The van der Waals surface area contributed by atoms with Gasteiger partial charge < -0.3 is 9.72 Å². The first kappa shape index (κ1) is 26.2. The van der Waals surface area contributed by atoms with Gasteiger partial charge in [0.25, 0.3) is 5.56 Å². The number of halogens is 2. The van der Waals surface area contributed by atoms with E-state index in [0.29, 0.717) is 22.9 Å². The molecule has 3 aromatic rings. The molecule has 3 rings (SSSR count). The lowest BCUT2D eigenvalue weighted by molar-refractivity contribution is 0.439. The number of aromatic nitrogens is 1. The number of anilines is 1. The van der Waals surface area contributed by atoms with Crippen molar-refractivity contribution in [3.8, 4) is 34.1 Å². The van der Waals surface area contributed by atoms with E-state index in [-0.39, 0.29) is 34.1 Å². The molecule has 0 aliphatic heterocycles. The van der Waals surface area contributed by atoms with Gasteiger partial charge in [-0.1, -0.05) is 25.6 Å². The van der Waals surface area contributed by atoms with Crippen LogP contribution in [0.5, 0.6) is 11.5 Å². The summed E-state index contributed by atoms with van der Waals surface area (Å²) in [5.74, 6) is 1.14. The first-order valence-electron chi connectivity index (χ1n) is 10.8. The molecule has 184 valence electrons. The van der Waals surface area contributed by atoms with Crippen LogP contribution in [0.15, 0.2) is 47.3 Å². The molecular formula is C25H26F2N2O4SSi. The zero-order valence-electron chi connectivity index (χ0n) is 20.0. The molecule has 1 aromatic heterocycles. The molecule has 2 N–H and O–H groups in total. The van der Waals surface area contributed by atoms with E-state index < -0.39 is 29.7 Å². The molecule has 0 saturated heterocycles. The summed E-state index contributed by atoms with van der Waals surface area (Å²) in [6.07, 6.45) is 0. The Hall–Kier alpha value is -3.42. The first-order valence-corrected chi connectivity index (χ1v) is 16.0. The molecule has 35 heavy (non-hydrogen) atoms. The van der Waals surface area contributed by atoms with Gasteiger partial charge in [-0.3, -0.25) is 9.52 Å². The third-order valence-electron chi connectivity index (χ3n) is 4.85. The van der Waals surface area contributed by atoms with Crippen molar-refractivity contribution in [1.29, 1.82) is 0 Å². The third-order valence-corrected chi connectivity index (χ3v) is 7.03. The quantitative estimate of drug-likeness (QED) is 0.339. The smallest absolute Gasteiger partial charge is 0.263 e. The van der Waals surface area contributed by atoms with Gasteiger partial charge in [-0.05, 0) is 50.2 Å². The fourth-order valence-corrected chi connectivity index (χ4v) is 4.21. The summed E-state index contributed by atoms with van der Waals surface area (Å²) < 4.78 is 60.2. The maximum absolute atomic E-state index is 14.3. The number of aryl methyl sites for hydroxylation is 1. The number of aromatic amines is 1. The van der Waals surface area contributed by atoms with Crippen molar-refractivity contribution in [3.63, 3.8) is 0 Å². The highest BCUT2D eigenvalue weighted by Gasteiger charge is 2.17. The zero-order valence-corrected chi connectivity index (χ0v) is 21.9. The lowest BCUT2D eigenvalue weighted by Gasteiger charge is -2.16. The third kappa shape index (κ3) is 6.80. The van der Waals surface area contributed by atoms with Crippen LogP contribution in [-0.4, -0.2) is 27.2 Å². The van der Waals surface area contributed by atoms with Gasteiger partial charge in [-0.15, -0.1) is 5.54 Å². The second-order valence-corrected chi connectivity index (χ2v) is 15.7. The topological polar surface area (TPSA) is 88.3 Å². The molecule has 0 amide bonds. The lowest BCUT2D eigenvalue weighted by Crippen LogP contribution is -2.18. The zero-order chi connectivity index (χ0) is 26.0. The largest absolute Gasteiger partial charge is 0.454 e. The normalized spacial score (nSPS) is 11.5. The van der Waals surface area contributed by atoms with Gasteiger partial charge in [0.1, 0.15) is 19.6 Å². The maximum atomic E-state index is 14.3. The summed E-state index contributed by atoms with van der Waals surface area (Å²) >= 11 is 0. The van der Waals surface area contributed by atoms with Gasteiger partial charge in [-0.25, -0.2) is 17.2 Å².